The van der Waals surface area contributed by atoms with Crippen LogP contribution in [0.15, 0.2) is 18.3 Å². The lowest BCUT2D eigenvalue weighted by Crippen LogP contribution is -2.42. The van der Waals surface area contributed by atoms with Gasteiger partial charge >= 0.3 is 0 Å². The van der Waals surface area contributed by atoms with Gasteiger partial charge in [0, 0.05) is 24.1 Å². The lowest BCUT2D eigenvalue weighted by molar-refractivity contribution is -0.133. The van der Waals surface area contributed by atoms with E-state index >= 15 is 0 Å². The molecule has 1 atom stereocenters. The summed E-state index contributed by atoms with van der Waals surface area (Å²) in [6.45, 7) is 11.7. The van der Waals surface area contributed by atoms with Gasteiger partial charge in [0.2, 0.25) is 11.8 Å². The Morgan fingerprint density at radius 2 is 1.71 bits per heavy atom. The molecule has 1 aromatic heterocycles. The first-order chi connectivity index (χ1) is 11.0. The SMILES string of the molecule is CCC(C)c1ccc(NC(=O)C(C)(C)CC(C)(C)C(=O)NC)nc1. The third-order valence-electron chi connectivity index (χ3n) is 4.55. The Balaban J connectivity index is 2.80. The van der Waals surface area contributed by atoms with Crippen molar-refractivity contribution in [2.24, 2.45) is 10.8 Å². The maximum absolute atomic E-state index is 12.6. The van der Waals surface area contributed by atoms with Gasteiger partial charge in [0.25, 0.3) is 0 Å². The molecular weight excluding hydrogens is 302 g/mol. The van der Waals surface area contributed by atoms with Gasteiger partial charge in [-0.15, -0.1) is 0 Å². The fourth-order valence-corrected chi connectivity index (χ4v) is 2.90. The van der Waals surface area contributed by atoms with E-state index in [1.165, 1.54) is 0 Å². The van der Waals surface area contributed by atoms with Crippen LogP contribution in [0.25, 0.3) is 0 Å². The minimum atomic E-state index is -0.687. The molecule has 2 N–H and O–H groups in total. The van der Waals surface area contributed by atoms with Gasteiger partial charge in [-0.25, -0.2) is 4.98 Å². The molecule has 0 bridgehead atoms. The van der Waals surface area contributed by atoms with E-state index in [0.717, 1.165) is 12.0 Å². The molecule has 0 saturated heterocycles. The van der Waals surface area contributed by atoms with Crippen LogP contribution in [0.5, 0.6) is 0 Å². The number of carbonyl (C=O) groups excluding carboxylic acids is 2. The Hall–Kier alpha value is -1.91. The third kappa shape index (κ3) is 5.05. The molecule has 1 heterocycles. The number of nitrogens with one attached hydrogen (secondary N) is 2. The Bertz CT molecular complexity index is 577. The standard InChI is InChI=1S/C19H31N3O2/c1-8-13(2)14-9-10-15(21-11-14)22-17(24)19(5,6)12-18(3,4)16(23)20-7/h9-11,13H,8,12H2,1-7H3,(H,20,23)(H,21,22,24). The first-order valence-electron chi connectivity index (χ1n) is 8.53. The van der Waals surface area contributed by atoms with E-state index in [4.69, 9.17) is 0 Å². The molecule has 1 rings (SSSR count). The van der Waals surface area contributed by atoms with Crippen LogP contribution in [0.3, 0.4) is 0 Å². The monoisotopic (exact) mass is 333 g/mol. The van der Waals surface area contributed by atoms with Gasteiger partial charge in [-0.3, -0.25) is 9.59 Å². The van der Waals surface area contributed by atoms with Gasteiger partial charge in [-0.2, -0.15) is 0 Å². The summed E-state index contributed by atoms with van der Waals surface area (Å²) in [5.74, 6) is 0.785. The van der Waals surface area contributed by atoms with Crippen LogP contribution in [0, 0.1) is 10.8 Å². The number of pyridine rings is 1. The molecule has 0 aliphatic heterocycles. The molecule has 134 valence electrons. The maximum Gasteiger partial charge on any atom is 0.231 e. The van der Waals surface area contributed by atoms with Gasteiger partial charge in [-0.1, -0.05) is 47.6 Å². The number of hydrogen-bond acceptors (Lipinski definition) is 3. The van der Waals surface area contributed by atoms with Gasteiger partial charge in [0.05, 0.1) is 0 Å². The normalized spacial score (nSPS) is 13.3. The molecule has 2 amide bonds. The van der Waals surface area contributed by atoms with Crippen LogP contribution < -0.4 is 10.6 Å². The van der Waals surface area contributed by atoms with Crippen LogP contribution in [0.2, 0.25) is 0 Å². The fraction of sp³-hybridized carbons (Fsp3) is 0.632. The van der Waals surface area contributed by atoms with Crippen molar-refractivity contribution in [3.63, 3.8) is 0 Å². The van der Waals surface area contributed by atoms with E-state index in [0.29, 0.717) is 18.2 Å². The largest absolute Gasteiger partial charge is 0.359 e. The predicted molar refractivity (Wildman–Crippen MR) is 97.8 cm³/mol. The Morgan fingerprint density at radius 1 is 1.12 bits per heavy atom. The first kappa shape index (κ1) is 20.1. The molecule has 0 fully saturated rings. The molecule has 0 aliphatic carbocycles. The number of rotatable bonds is 7. The van der Waals surface area contributed by atoms with Crippen LogP contribution in [0.4, 0.5) is 5.82 Å². The van der Waals surface area contributed by atoms with Gasteiger partial charge in [0.15, 0.2) is 0 Å². The summed E-state index contributed by atoms with van der Waals surface area (Å²) >= 11 is 0. The lowest BCUT2D eigenvalue weighted by atomic mass is 9.74. The number of aromatic nitrogens is 1. The van der Waals surface area contributed by atoms with Crippen LogP contribution in [-0.4, -0.2) is 23.8 Å². The van der Waals surface area contributed by atoms with Crippen molar-refractivity contribution in [2.45, 2.75) is 60.3 Å². The zero-order chi connectivity index (χ0) is 18.5. The molecular formula is C19H31N3O2. The molecule has 0 radical (unpaired) electrons. The molecule has 1 aromatic rings. The van der Waals surface area contributed by atoms with Crippen molar-refractivity contribution in [1.29, 1.82) is 0 Å². The molecule has 5 heteroatoms. The van der Waals surface area contributed by atoms with Crippen molar-refractivity contribution in [3.8, 4) is 0 Å². The Morgan fingerprint density at radius 3 is 2.17 bits per heavy atom. The average molecular weight is 333 g/mol. The number of nitrogens with zero attached hydrogens (tertiary/aromatic N) is 1. The molecule has 0 spiro atoms. The van der Waals surface area contributed by atoms with Crippen LogP contribution in [0.1, 0.15) is 65.9 Å². The summed E-state index contributed by atoms with van der Waals surface area (Å²) in [5, 5.41) is 5.52. The number of hydrogen-bond donors (Lipinski definition) is 2. The summed E-state index contributed by atoms with van der Waals surface area (Å²) in [5.41, 5.74) is -0.147. The van der Waals surface area contributed by atoms with Crippen molar-refractivity contribution in [2.75, 3.05) is 12.4 Å². The van der Waals surface area contributed by atoms with Crippen molar-refractivity contribution >= 4 is 17.6 Å². The topological polar surface area (TPSA) is 71.1 Å². The average Bonchev–Trinajstić information content (AvgIpc) is 2.52. The van der Waals surface area contributed by atoms with Crippen molar-refractivity contribution < 1.29 is 9.59 Å². The van der Waals surface area contributed by atoms with E-state index in [-0.39, 0.29) is 11.8 Å². The Kier molecular flexibility index (Phi) is 6.52. The minimum absolute atomic E-state index is 0.0700. The maximum atomic E-state index is 12.6. The minimum Gasteiger partial charge on any atom is -0.359 e. The van der Waals surface area contributed by atoms with Crippen molar-refractivity contribution in [3.05, 3.63) is 23.9 Å². The molecule has 0 aromatic carbocycles. The quantitative estimate of drug-likeness (QED) is 0.799. The van der Waals surface area contributed by atoms with Gasteiger partial charge in [-0.05, 0) is 30.4 Å². The summed E-state index contributed by atoms with van der Waals surface area (Å²) in [4.78, 5) is 28.9. The fourth-order valence-electron chi connectivity index (χ4n) is 2.90. The highest BCUT2D eigenvalue weighted by Crippen LogP contribution is 2.34. The molecule has 5 nitrogen and oxygen atoms in total. The predicted octanol–water partition coefficient (Wildman–Crippen LogP) is 3.72. The molecule has 0 saturated carbocycles. The zero-order valence-electron chi connectivity index (χ0n) is 16.0. The summed E-state index contributed by atoms with van der Waals surface area (Å²) < 4.78 is 0. The van der Waals surface area contributed by atoms with E-state index in [1.54, 1.807) is 7.05 Å². The highest BCUT2D eigenvalue weighted by Gasteiger charge is 2.38. The number of amides is 2. The second-order valence-electron chi connectivity index (χ2n) is 7.76. The highest BCUT2D eigenvalue weighted by molar-refractivity contribution is 5.94. The van der Waals surface area contributed by atoms with Crippen LogP contribution >= 0.6 is 0 Å². The summed E-state index contributed by atoms with van der Waals surface area (Å²) in [7, 11) is 1.61. The third-order valence-corrected chi connectivity index (χ3v) is 4.55. The van der Waals surface area contributed by atoms with Crippen molar-refractivity contribution in [1.82, 2.24) is 10.3 Å². The van der Waals surface area contributed by atoms with Gasteiger partial charge < -0.3 is 10.6 Å². The molecule has 1 unspecified atom stereocenters. The number of carbonyl (C=O) groups is 2. The number of anilines is 1. The van der Waals surface area contributed by atoms with E-state index in [9.17, 15) is 9.59 Å². The lowest BCUT2D eigenvalue weighted by Gasteiger charge is -2.32. The van der Waals surface area contributed by atoms with E-state index < -0.39 is 10.8 Å². The first-order valence-corrected chi connectivity index (χ1v) is 8.53. The summed E-state index contributed by atoms with van der Waals surface area (Å²) in [6, 6.07) is 3.83. The van der Waals surface area contributed by atoms with Crippen LogP contribution in [-0.2, 0) is 9.59 Å². The molecule has 24 heavy (non-hydrogen) atoms. The second kappa shape index (κ2) is 7.77. The summed E-state index contributed by atoms with van der Waals surface area (Å²) in [6.07, 6.45) is 3.30. The highest BCUT2D eigenvalue weighted by atomic mass is 16.2. The molecule has 0 aliphatic rings. The van der Waals surface area contributed by atoms with Gasteiger partial charge in [0.1, 0.15) is 5.82 Å². The smallest absolute Gasteiger partial charge is 0.231 e. The van der Waals surface area contributed by atoms with E-state index in [1.807, 2.05) is 46.0 Å². The Labute approximate surface area is 145 Å². The second-order valence-corrected chi connectivity index (χ2v) is 7.76. The zero-order valence-corrected chi connectivity index (χ0v) is 16.0. The van der Waals surface area contributed by atoms with E-state index in [2.05, 4.69) is 29.5 Å².